The van der Waals surface area contributed by atoms with Crippen LogP contribution in [0.1, 0.15) is 45.8 Å². The lowest BCUT2D eigenvalue weighted by Gasteiger charge is -2.16. The van der Waals surface area contributed by atoms with Gasteiger partial charge in [-0.15, -0.1) is 0 Å². The predicted octanol–water partition coefficient (Wildman–Crippen LogP) is 3.04. The van der Waals surface area contributed by atoms with Crippen LogP contribution in [0, 0.1) is 12.8 Å². The summed E-state index contributed by atoms with van der Waals surface area (Å²) in [7, 11) is 1.79. The number of aromatic nitrogens is 4. The summed E-state index contributed by atoms with van der Waals surface area (Å²) in [6, 6.07) is 7.61. The molecule has 1 saturated carbocycles. The number of hydrogen-bond acceptors (Lipinski definition) is 6. The van der Waals surface area contributed by atoms with E-state index in [1.807, 2.05) is 31.2 Å². The summed E-state index contributed by atoms with van der Waals surface area (Å²) in [5.74, 6) is 1.72. The molecule has 162 valence electrons. The molecule has 3 aromatic rings. The van der Waals surface area contributed by atoms with Gasteiger partial charge in [-0.05, 0) is 37.8 Å². The Hall–Kier alpha value is -3.00. The van der Waals surface area contributed by atoms with Gasteiger partial charge in [0.2, 0.25) is 0 Å². The van der Waals surface area contributed by atoms with Gasteiger partial charge in [-0.1, -0.05) is 22.9 Å². The fraction of sp³-hybridized carbons (Fsp3) is 0.478. The monoisotopic (exact) mass is 421 g/mol. The van der Waals surface area contributed by atoms with Crippen molar-refractivity contribution in [2.45, 2.75) is 45.8 Å². The van der Waals surface area contributed by atoms with Crippen LogP contribution in [-0.2, 0) is 30.7 Å². The lowest BCUT2D eigenvalue weighted by atomic mass is 10.1. The number of aryl methyl sites for hydroxylation is 1. The molecule has 1 aromatic carbocycles. The van der Waals surface area contributed by atoms with Crippen LogP contribution in [0.3, 0.4) is 0 Å². The summed E-state index contributed by atoms with van der Waals surface area (Å²) < 4.78 is 13.3. The first-order valence-corrected chi connectivity index (χ1v) is 10.9. The Bertz CT molecular complexity index is 1100. The third-order valence-electron chi connectivity index (χ3n) is 5.98. The van der Waals surface area contributed by atoms with Crippen molar-refractivity contribution in [3.8, 4) is 11.6 Å². The molecular formula is C23H27N5O3. The number of fused-ring (bicyclic) bond motifs is 1. The van der Waals surface area contributed by atoms with Crippen LogP contribution in [0.15, 0.2) is 28.8 Å². The Morgan fingerprint density at radius 2 is 2.19 bits per heavy atom. The number of carbonyl (C=O) groups excluding carboxylic acids is 1. The van der Waals surface area contributed by atoms with E-state index in [0.29, 0.717) is 36.9 Å². The molecule has 8 nitrogen and oxygen atoms in total. The topological polar surface area (TPSA) is 86.3 Å². The SMILES string of the molecule is Cc1cccc(C(=O)N(C)CCc2noc(-c3nn(CC4CC4)c4c3COCC4)n2)c1. The number of rotatable bonds is 7. The molecule has 0 atom stereocenters. The molecule has 0 radical (unpaired) electrons. The van der Waals surface area contributed by atoms with E-state index in [1.165, 1.54) is 18.5 Å². The van der Waals surface area contributed by atoms with Crippen LogP contribution in [-0.4, -0.2) is 50.9 Å². The Balaban J connectivity index is 1.28. The van der Waals surface area contributed by atoms with E-state index < -0.39 is 0 Å². The minimum Gasteiger partial charge on any atom is -0.376 e. The molecule has 8 heteroatoms. The van der Waals surface area contributed by atoms with E-state index in [9.17, 15) is 4.79 Å². The summed E-state index contributed by atoms with van der Waals surface area (Å²) in [5, 5.41) is 8.93. The van der Waals surface area contributed by atoms with Crippen LogP contribution in [0.5, 0.6) is 0 Å². The van der Waals surface area contributed by atoms with Gasteiger partial charge >= 0.3 is 0 Å². The number of likely N-dealkylation sites (N-methyl/N-ethyl adjacent to an activating group) is 1. The molecule has 2 aromatic heterocycles. The molecule has 1 fully saturated rings. The fourth-order valence-corrected chi connectivity index (χ4v) is 4.00. The van der Waals surface area contributed by atoms with Gasteiger partial charge in [-0.25, -0.2) is 0 Å². The molecule has 0 spiro atoms. The minimum atomic E-state index is -0.0162. The molecule has 0 bridgehead atoms. The third-order valence-corrected chi connectivity index (χ3v) is 5.98. The first kappa shape index (κ1) is 19.9. The van der Waals surface area contributed by atoms with Gasteiger partial charge in [0, 0.05) is 49.8 Å². The molecule has 31 heavy (non-hydrogen) atoms. The molecule has 3 heterocycles. The molecule has 1 amide bonds. The molecule has 2 aliphatic rings. The molecular weight excluding hydrogens is 394 g/mol. The maximum Gasteiger partial charge on any atom is 0.278 e. The van der Waals surface area contributed by atoms with Crippen molar-refractivity contribution in [1.29, 1.82) is 0 Å². The Labute approximate surface area is 181 Å². The summed E-state index contributed by atoms with van der Waals surface area (Å²) in [4.78, 5) is 18.9. The second-order valence-electron chi connectivity index (χ2n) is 8.56. The van der Waals surface area contributed by atoms with Gasteiger partial charge in [0.25, 0.3) is 11.8 Å². The fourth-order valence-electron chi connectivity index (χ4n) is 4.00. The number of ether oxygens (including phenoxy) is 1. The average molecular weight is 422 g/mol. The third kappa shape index (κ3) is 4.25. The van der Waals surface area contributed by atoms with E-state index in [4.69, 9.17) is 14.4 Å². The van der Waals surface area contributed by atoms with Crippen molar-refractivity contribution in [2.24, 2.45) is 5.92 Å². The first-order valence-electron chi connectivity index (χ1n) is 10.9. The van der Waals surface area contributed by atoms with Crippen molar-refractivity contribution >= 4 is 5.91 Å². The largest absolute Gasteiger partial charge is 0.376 e. The number of hydrogen-bond donors (Lipinski definition) is 0. The number of benzene rings is 1. The van der Waals surface area contributed by atoms with Gasteiger partial charge in [0.05, 0.1) is 13.2 Å². The zero-order valence-corrected chi connectivity index (χ0v) is 18.0. The number of amides is 1. The van der Waals surface area contributed by atoms with Crippen molar-refractivity contribution in [2.75, 3.05) is 20.2 Å². The summed E-state index contributed by atoms with van der Waals surface area (Å²) in [6.07, 6.45) is 3.93. The normalized spacial score (nSPS) is 15.7. The van der Waals surface area contributed by atoms with Crippen LogP contribution in [0.2, 0.25) is 0 Å². The maximum atomic E-state index is 12.6. The maximum absolute atomic E-state index is 12.6. The lowest BCUT2D eigenvalue weighted by molar-refractivity contribution is 0.0795. The summed E-state index contributed by atoms with van der Waals surface area (Å²) >= 11 is 0. The highest BCUT2D eigenvalue weighted by atomic mass is 16.5. The van der Waals surface area contributed by atoms with E-state index in [-0.39, 0.29) is 5.91 Å². The smallest absolute Gasteiger partial charge is 0.278 e. The highest BCUT2D eigenvalue weighted by molar-refractivity contribution is 5.94. The second kappa shape index (κ2) is 8.26. The quantitative estimate of drug-likeness (QED) is 0.583. The highest BCUT2D eigenvalue weighted by Gasteiger charge is 2.29. The summed E-state index contributed by atoms with van der Waals surface area (Å²) in [5.41, 5.74) is 4.78. The Morgan fingerprint density at radius 1 is 1.32 bits per heavy atom. The molecule has 1 aliphatic heterocycles. The van der Waals surface area contributed by atoms with Crippen molar-refractivity contribution in [3.05, 3.63) is 52.5 Å². The molecule has 5 rings (SSSR count). The summed E-state index contributed by atoms with van der Waals surface area (Å²) in [6.45, 7) is 4.69. The standard InChI is InChI=1S/C23H27N5O3/c1-15-4-3-5-17(12-15)23(29)27(2)10-8-20-24-22(31-26-20)21-18-14-30-11-9-19(18)28(25-21)13-16-6-7-16/h3-5,12,16H,6-11,13-14H2,1-2H3. The van der Waals surface area contributed by atoms with E-state index in [2.05, 4.69) is 14.8 Å². The van der Waals surface area contributed by atoms with E-state index in [0.717, 1.165) is 42.3 Å². The lowest BCUT2D eigenvalue weighted by Crippen LogP contribution is -2.29. The molecule has 0 saturated heterocycles. The average Bonchev–Trinajstić information content (AvgIpc) is 3.35. The molecule has 0 unspecified atom stereocenters. The minimum absolute atomic E-state index is 0.0162. The van der Waals surface area contributed by atoms with Gasteiger partial charge in [0.1, 0.15) is 0 Å². The van der Waals surface area contributed by atoms with Crippen LogP contribution in [0.4, 0.5) is 0 Å². The highest BCUT2D eigenvalue weighted by Crippen LogP contribution is 2.34. The second-order valence-corrected chi connectivity index (χ2v) is 8.56. The first-order chi connectivity index (χ1) is 15.1. The molecule has 0 N–H and O–H groups in total. The van der Waals surface area contributed by atoms with Crippen molar-refractivity contribution in [1.82, 2.24) is 24.8 Å². The molecule has 1 aliphatic carbocycles. The van der Waals surface area contributed by atoms with Gasteiger partial charge in [0.15, 0.2) is 11.5 Å². The van der Waals surface area contributed by atoms with Gasteiger partial charge in [-0.3, -0.25) is 9.48 Å². The van der Waals surface area contributed by atoms with E-state index in [1.54, 1.807) is 11.9 Å². The van der Waals surface area contributed by atoms with Crippen molar-refractivity contribution < 1.29 is 14.1 Å². The van der Waals surface area contributed by atoms with E-state index >= 15 is 0 Å². The van der Waals surface area contributed by atoms with Crippen LogP contribution < -0.4 is 0 Å². The Morgan fingerprint density at radius 3 is 3.00 bits per heavy atom. The zero-order valence-electron chi connectivity index (χ0n) is 18.0. The van der Waals surface area contributed by atoms with Crippen LogP contribution >= 0.6 is 0 Å². The predicted molar refractivity (Wildman–Crippen MR) is 113 cm³/mol. The van der Waals surface area contributed by atoms with Crippen molar-refractivity contribution in [3.63, 3.8) is 0 Å². The van der Waals surface area contributed by atoms with Gasteiger partial charge < -0.3 is 14.2 Å². The zero-order chi connectivity index (χ0) is 21.4. The van der Waals surface area contributed by atoms with Crippen LogP contribution in [0.25, 0.3) is 11.6 Å². The number of nitrogens with zero attached hydrogens (tertiary/aromatic N) is 5. The number of carbonyl (C=O) groups is 1. The van der Waals surface area contributed by atoms with Gasteiger partial charge in [-0.2, -0.15) is 10.1 Å². The Kier molecular flexibility index (Phi) is 5.31.